The molecule has 1 unspecified atom stereocenters. The second kappa shape index (κ2) is 8.10. The summed E-state index contributed by atoms with van der Waals surface area (Å²) in [5, 5.41) is 10.0. The maximum atomic E-state index is 13.0. The van der Waals surface area contributed by atoms with Gasteiger partial charge < -0.3 is 20.1 Å². The zero-order valence-corrected chi connectivity index (χ0v) is 17.2. The number of nitrogens with zero attached hydrogens (tertiary/aromatic N) is 2. The van der Waals surface area contributed by atoms with E-state index in [2.05, 4.69) is 15.7 Å². The highest BCUT2D eigenvalue weighted by Crippen LogP contribution is 2.41. The van der Waals surface area contributed by atoms with E-state index in [-0.39, 0.29) is 18.2 Å². The Morgan fingerprint density at radius 1 is 1.16 bits per heavy atom. The van der Waals surface area contributed by atoms with Gasteiger partial charge in [0.15, 0.2) is 11.5 Å². The van der Waals surface area contributed by atoms with Crippen molar-refractivity contribution in [3.8, 4) is 22.6 Å². The quantitative estimate of drug-likeness (QED) is 0.631. The number of anilines is 2. The Morgan fingerprint density at radius 3 is 2.55 bits per heavy atom. The molecule has 1 aliphatic heterocycles. The van der Waals surface area contributed by atoms with Crippen molar-refractivity contribution in [2.75, 3.05) is 24.9 Å². The number of rotatable bonds is 6. The van der Waals surface area contributed by atoms with Gasteiger partial charge in [-0.25, -0.2) is 9.07 Å². The molecule has 4 rings (SSSR count). The molecule has 160 valence electrons. The highest BCUT2D eigenvalue weighted by Gasteiger charge is 2.36. The molecular weight excluding hydrogens is 403 g/mol. The number of aryl methyl sites for hydroxylation is 1. The smallest absolute Gasteiger partial charge is 0.251 e. The summed E-state index contributed by atoms with van der Waals surface area (Å²) in [7, 11) is 3.11. The molecule has 1 aliphatic rings. The van der Waals surface area contributed by atoms with Crippen LogP contribution >= 0.6 is 0 Å². The summed E-state index contributed by atoms with van der Waals surface area (Å²) in [5.74, 6) is 0.576. The number of nitrogens with one attached hydrogen (secondary N) is 2. The number of aromatic nitrogens is 2. The van der Waals surface area contributed by atoms with Crippen LogP contribution in [0.1, 0.15) is 18.2 Å². The molecule has 1 atom stereocenters. The Balaban J connectivity index is 1.60. The van der Waals surface area contributed by atoms with E-state index >= 15 is 0 Å². The molecule has 31 heavy (non-hydrogen) atoms. The van der Waals surface area contributed by atoms with E-state index in [0.717, 1.165) is 11.1 Å². The summed E-state index contributed by atoms with van der Waals surface area (Å²) < 4.78 is 25.2. The predicted octanol–water partition coefficient (Wildman–Crippen LogP) is 3.54. The summed E-state index contributed by atoms with van der Waals surface area (Å²) in [5.41, 5.74) is 2.70. The second-order valence-electron chi connectivity index (χ2n) is 7.09. The number of hydrogen-bond acceptors (Lipinski definition) is 5. The zero-order chi connectivity index (χ0) is 22.1. The molecule has 0 bridgehead atoms. The van der Waals surface area contributed by atoms with Gasteiger partial charge in [-0.3, -0.25) is 9.59 Å². The number of ether oxygens (including phenoxy) is 2. The number of carbonyl (C=O) groups excluding carboxylic acids is 2. The highest BCUT2D eigenvalue weighted by atomic mass is 19.1. The molecular formula is C22H21FN4O4. The van der Waals surface area contributed by atoms with Crippen LogP contribution in [0.5, 0.6) is 11.5 Å². The number of fused-ring (bicyclic) bond motifs is 1. The first kappa shape index (κ1) is 20.4. The third-order valence-electron chi connectivity index (χ3n) is 5.10. The standard InChI is InChI=1S/C22H21FN4O4/c1-12-20(13-4-9-17(30-2)18(10-13)31-3)21-25-22(29)16(27(21)26-12)11-19(28)24-15-7-5-14(23)6-8-15/h4-10,16H,11H2,1-3H3,(H,24,28)(H,25,29). The van der Waals surface area contributed by atoms with E-state index < -0.39 is 11.9 Å². The predicted molar refractivity (Wildman–Crippen MR) is 113 cm³/mol. The Kier molecular flexibility index (Phi) is 5.33. The van der Waals surface area contributed by atoms with Gasteiger partial charge in [-0.15, -0.1) is 0 Å². The summed E-state index contributed by atoms with van der Waals surface area (Å²) in [6, 6.07) is 10.1. The molecule has 3 aromatic rings. The zero-order valence-electron chi connectivity index (χ0n) is 17.2. The van der Waals surface area contributed by atoms with Gasteiger partial charge in [0.1, 0.15) is 17.7 Å². The average Bonchev–Trinajstić information content (AvgIpc) is 3.22. The van der Waals surface area contributed by atoms with E-state index in [1.807, 2.05) is 19.1 Å². The summed E-state index contributed by atoms with van der Waals surface area (Å²) in [6.07, 6.45) is -0.108. The van der Waals surface area contributed by atoms with Gasteiger partial charge in [-0.05, 0) is 48.9 Å². The maximum absolute atomic E-state index is 13.0. The maximum Gasteiger partial charge on any atom is 0.251 e. The van der Waals surface area contributed by atoms with E-state index in [4.69, 9.17) is 9.47 Å². The SMILES string of the molecule is COc1ccc(-c2c(C)nn3c2NC(=O)C3CC(=O)Nc2ccc(F)cc2)cc1OC. The molecule has 0 fully saturated rings. The van der Waals surface area contributed by atoms with Crippen molar-refractivity contribution in [2.45, 2.75) is 19.4 Å². The second-order valence-corrected chi connectivity index (χ2v) is 7.09. The van der Waals surface area contributed by atoms with Gasteiger partial charge in [-0.1, -0.05) is 6.07 Å². The minimum absolute atomic E-state index is 0.108. The number of carbonyl (C=O) groups is 2. The van der Waals surface area contributed by atoms with Crippen molar-refractivity contribution in [3.05, 3.63) is 54.0 Å². The van der Waals surface area contributed by atoms with Crippen molar-refractivity contribution in [1.82, 2.24) is 9.78 Å². The lowest BCUT2D eigenvalue weighted by molar-refractivity contribution is -0.123. The van der Waals surface area contributed by atoms with Crippen molar-refractivity contribution < 1.29 is 23.5 Å². The molecule has 2 amide bonds. The van der Waals surface area contributed by atoms with Gasteiger partial charge in [-0.2, -0.15) is 5.10 Å². The fourth-order valence-electron chi connectivity index (χ4n) is 3.64. The molecule has 1 aromatic heterocycles. The van der Waals surface area contributed by atoms with Crippen LogP contribution in [0.3, 0.4) is 0 Å². The molecule has 2 heterocycles. The van der Waals surface area contributed by atoms with Crippen molar-refractivity contribution in [1.29, 1.82) is 0 Å². The third kappa shape index (κ3) is 3.81. The minimum Gasteiger partial charge on any atom is -0.493 e. The normalized spacial score (nSPS) is 14.7. The van der Waals surface area contributed by atoms with Crippen LogP contribution in [0.25, 0.3) is 11.1 Å². The molecule has 8 nitrogen and oxygen atoms in total. The Labute approximate surface area is 178 Å². The first-order valence-corrected chi connectivity index (χ1v) is 9.59. The Bertz CT molecular complexity index is 1160. The summed E-state index contributed by atoms with van der Waals surface area (Å²) in [6.45, 7) is 1.83. The van der Waals surface area contributed by atoms with Gasteiger partial charge in [0.05, 0.1) is 26.3 Å². The molecule has 0 saturated heterocycles. The van der Waals surface area contributed by atoms with Gasteiger partial charge in [0, 0.05) is 11.3 Å². The first-order valence-electron chi connectivity index (χ1n) is 9.59. The van der Waals surface area contributed by atoms with Crippen LogP contribution in [-0.2, 0) is 9.59 Å². The first-order chi connectivity index (χ1) is 14.9. The highest BCUT2D eigenvalue weighted by molar-refractivity contribution is 6.04. The van der Waals surface area contributed by atoms with Crippen molar-refractivity contribution in [2.24, 2.45) is 0 Å². The lowest BCUT2D eigenvalue weighted by Gasteiger charge is -2.10. The molecule has 0 spiro atoms. The average molecular weight is 424 g/mol. The van der Waals surface area contributed by atoms with Crippen LogP contribution in [0.4, 0.5) is 15.9 Å². The number of amides is 2. The number of hydrogen-bond donors (Lipinski definition) is 2. The lowest BCUT2D eigenvalue weighted by atomic mass is 10.1. The lowest BCUT2D eigenvalue weighted by Crippen LogP contribution is -2.23. The van der Waals surface area contributed by atoms with Crippen molar-refractivity contribution >= 4 is 23.3 Å². The van der Waals surface area contributed by atoms with Crippen LogP contribution < -0.4 is 20.1 Å². The van der Waals surface area contributed by atoms with Gasteiger partial charge >= 0.3 is 0 Å². The third-order valence-corrected chi connectivity index (χ3v) is 5.10. The minimum atomic E-state index is -0.789. The molecule has 0 radical (unpaired) electrons. The van der Waals surface area contributed by atoms with Gasteiger partial charge in [0.25, 0.3) is 5.91 Å². The molecule has 0 aliphatic carbocycles. The monoisotopic (exact) mass is 424 g/mol. The molecule has 2 N–H and O–H groups in total. The van der Waals surface area contributed by atoms with E-state index in [1.165, 1.54) is 28.9 Å². The largest absolute Gasteiger partial charge is 0.493 e. The molecule has 0 saturated carbocycles. The van der Waals surface area contributed by atoms with E-state index in [1.54, 1.807) is 20.3 Å². The fraction of sp³-hybridized carbons (Fsp3) is 0.227. The number of halogens is 1. The number of methoxy groups -OCH3 is 2. The molecule has 2 aromatic carbocycles. The summed E-state index contributed by atoms with van der Waals surface area (Å²) in [4.78, 5) is 25.1. The fourth-order valence-corrected chi connectivity index (χ4v) is 3.64. The molecule has 9 heteroatoms. The Hall–Kier alpha value is -3.88. The van der Waals surface area contributed by atoms with E-state index in [0.29, 0.717) is 28.7 Å². The number of benzene rings is 2. The van der Waals surface area contributed by atoms with Crippen molar-refractivity contribution in [3.63, 3.8) is 0 Å². The van der Waals surface area contributed by atoms with Gasteiger partial charge in [0.2, 0.25) is 5.91 Å². The topological polar surface area (TPSA) is 94.5 Å². The van der Waals surface area contributed by atoms with Crippen LogP contribution in [0.15, 0.2) is 42.5 Å². The van der Waals surface area contributed by atoms with Crippen LogP contribution in [-0.4, -0.2) is 35.8 Å². The Morgan fingerprint density at radius 2 is 1.87 bits per heavy atom. The van der Waals surface area contributed by atoms with E-state index in [9.17, 15) is 14.0 Å². The van der Waals surface area contributed by atoms with Crippen LogP contribution in [0, 0.1) is 12.7 Å². The summed E-state index contributed by atoms with van der Waals surface area (Å²) >= 11 is 0. The van der Waals surface area contributed by atoms with Crippen LogP contribution in [0.2, 0.25) is 0 Å².